The highest BCUT2D eigenvalue weighted by atomic mass is 35.5. The summed E-state index contributed by atoms with van der Waals surface area (Å²) in [5.41, 5.74) is 1.99. The van der Waals surface area contributed by atoms with Crippen LogP contribution in [-0.4, -0.2) is 56.8 Å². The summed E-state index contributed by atoms with van der Waals surface area (Å²) < 4.78 is 32.8. The lowest BCUT2D eigenvalue weighted by Gasteiger charge is -2.34. The molecular formula is C20H23ClN2O4S. The predicted molar refractivity (Wildman–Crippen MR) is 109 cm³/mol. The van der Waals surface area contributed by atoms with Gasteiger partial charge in [0.15, 0.2) is 0 Å². The average Bonchev–Trinajstić information content (AvgIpc) is 2.69. The Morgan fingerprint density at radius 2 is 1.71 bits per heavy atom. The molecule has 0 N–H and O–H groups in total. The molecule has 1 heterocycles. The lowest BCUT2D eigenvalue weighted by atomic mass is 10.1. The van der Waals surface area contributed by atoms with Crippen molar-refractivity contribution in [3.63, 3.8) is 0 Å². The molecule has 150 valence electrons. The molecule has 0 spiro atoms. The molecule has 0 radical (unpaired) electrons. The Morgan fingerprint density at radius 3 is 2.36 bits per heavy atom. The zero-order valence-corrected chi connectivity index (χ0v) is 17.7. The number of amides is 1. The van der Waals surface area contributed by atoms with Crippen LogP contribution in [0.15, 0.2) is 41.3 Å². The van der Waals surface area contributed by atoms with Crippen LogP contribution in [0, 0.1) is 13.8 Å². The first-order valence-electron chi connectivity index (χ1n) is 8.94. The van der Waals surface area contributed by atoms with Crippen LogP contribution in [0.3, 0.4) is 0 Å². The van der Waals surface area contributed by atoms with Crippen molar-refractivity contribution in [3.8, 4) is 5.75 Å². The molecule has 0 bridgehead atoms. The van der Waals surface area contributed by atoms with E-state index in [1.807, 2.05) is 19.1 Å². The first kappa shape index (κ1) is 20.6. The molecule has 0 unspecified atom stereocenters. The first-order valence-corrected chi connectivity index (χ1v) is 10.8. The summed E-state index contributed by atoms with van der Waals surface area (Å²) in [5.74, 6) is 0.225. The Bertz CT molecular complexity index is 999. The van der Waals surface area contributed by atoms with Crippen LogP contribution >= 0.6 is 11.6 Å². The van der Waals surface area contributed by atoms with Gasteiger partial charge < -0.3 is 9.64 Å². The Kier molecular flexibility index (Phi) is 5.98. The van der Waals surface area contributed by atoms with Gasteiger partial charge in [0, 0.05) is 31.2 Å². The molecule has 6 nitrogen and oxygen atoms in total. The maximum Gasteiger partial charge on any atom is 0.257 e. The summed E-state index contributed by atoms with van der Waals surface area (Å²) >= 11 is 6.02. The Labute approximate surface area is 170 Å². The summed E-state index contributed by atoms with van der Waals surface area (Å²) in [5, 5.41) is 0.445. The van der Waals surface area contributed by atoms with Gasteiger partial charge in [-0.05, 0) is 49.2 Å². The van der Waals surface area contributed by atoms with Gasteiger partial charge in [-0.1, -0.05) is 23.7 Å². The topological polar surface area (TPSA) is 66.9 Å². The quantitative estimate of drug-likeness (QED) is 0.759. The molecule has 0 aromatic heterocycles. The summed E-state index contributed by atoms with van der Waals surface area (Å²) in [6.45, 7) is 4.75. The number of carbonyl (C=O) groups is 1. The second-order valence-electron chi connectivity index (χ2n) is 6.81. The highest BCUT2D eigenvalue weighted by molar-refractivity contribution is 7.89. The van der Waals surface area contributed by atoms with Crippen LogP contribution in [0.4, 0.5) is 0 Å². The van der Waals surface area contributed by atoms with E-state index in [-0.39, 0.29) is 19.0 Å². The number of hydrogen-bond donors (Lipinski definition) is 0. The monoisotopic (exact) mass is 422 g/mol. The number of ether oxygens (including phenoxy) is 1. The van der Waals surface area contributed by atoms with Crippen LogP contribution in [0.5, 0.6) is 5.75 Å². The van der Waals surface area contributed by atoms with E-state index in [2.05, 4.69) is 0 Å². The van der Waals surface area contributed by atoms with Gasteiger partial charge in [-0.25, -0.2) is 8.42 Å². The SMILES string of the molecule is COc1ccc(Cl)cc1C(=O)N1CCN(S(=O)(=O)c2cc(C)ccc2C)CC1. The lowest BCUT2D eigenvalue weighted by Crippen LogP contribution is -2.50. The second-order valence-corrected chi connectivity index (χ2v) is 9.15. The average molecular weight is 423 g/mol. The summed E-state index contributed by atoms with van der Waals surface area (Å²) in [6.07, 6.45) is 0. The minimum atomic E-state index is -3.60. The van der Waals surface area contributed by atoms with Crippen molar-refractivity contribution in [1.82, 2.24) is 9.21 Å². The fraction of sp³-hybridized carbons (Fsp3) is 0.350. The van der Waals surface area contributed by atoms with Crippen LogP contribution in [-0.2, 0) is 10.0 Å². The summed E-state index contributed by atoms with van der Waals surface area (Å²) in [7, 11) is -2.10. The molecule has 0 saturated carbocycles. The number of aryl methyl sites for hydroxylation is 2. The van der Waals surface area contributed by atoms with Gasteiger partial charge >= 0.3 is 0 Å². The maximum atomic E-state index is 13.0. The molecule has 0 atom stereocenters. The maximum absolute atomic E-state index is 13.0. The van der Waals surface area contributed by atoms with E-state index in [0.717, 1.165) is 5.56 Å². The van der Waals surface area contributed by atoms with Crippen molar-refractivity contribution in [2.75, 3.05) is 33.3 Å². The van der Waals surface area contributed by atoms with Crippen molar-refractivity contribution in [2.24, 2.45) is 0 Å². The molecule has 3 rings (SSSR count). The van der Waals surface area contributed by atoms with E-state index in [1.54, 1.807) is 36.1 Å². The number of carbonyl (C=O) groups excluding carboxylic acids is 1. The largest absolute Gasteiger partial charge is 0.496 e. The number of sulfonamides is 1. The number of hydrogen-bond acceptors (Lipinski definition) is 4. The molecule has 1 saturated heterocycles. The Hall–Kier alpha value is -2.09. The van der Waals surface area contributed by atoms with Crippen LogP contribution in [0.2, 0.25) is 5.02 Å². The number of rotatable bonds is 4. The molecule has 2 aromatic carbocycles. The zero-order valence-electron chi connectivity index (χ0n) is 16.1. The second kappa shape index (κ2) is 8.11. The summed E-state index contributed by atoms with van der Waals surface area (Å²) in [4.78, 5) is 14.8. The number of piperazine rings is 1. The van der Waals surface area contributed by atoms with Crippen molar-refractivity contribution < 1.29 is 17.9 Å². The lowest BCUT2D eigenvalue weighted by molar-refractivity contribution is 0.0694. The van der Waals surface area contributed by atoms with Gasteiger partial charge in [-0.2, -0.15) is 4.31 Å². The number of halogens is 1. The van der Waals surface area contributed by atoms with Crippen molar-refractivity contribution in [2.45, 2.75) is 18.7 Å². The molecule has 2 aromatic rings. The number of methoxy groups -OCH3 is 1. The van der Waals surface area contributed by atoms with Gasteiger partial charge in [0.2, 0.25) is 10.0 Å². The third-order valence-corrected chi connectivity index (χ3v) is 7.15. The fourth-order valence-electron chi connectivity index (χ4n) is 3.27. The standard InChI is InChI=1S/C20H23ClN2O4S/c1-14-4-5-15(2)19(12-14)28(25,26)23-10-8-22(9-11-23)20(24)17-13-16(21)6-7-18(17)27-3/h4-7,12-13H,8-11H2,1-3H3. The highest BCUT2D eigenvalue weighted by Crippen LogP contribution is 2.26. The van der Waals surface area contributed by atoms with E-state index in [4.69, 9.17) is 16.3 Å². The van der Waals surface area contributed by atoms with E-state index in [9.17, 15) is 13.2 Å². The number of benzene rings is 2. The first-order chi connectivity index (χ1) is 13.2. The molecule has 1 amide bonds. The molecule has 1 fully saturated rings. The third kappa shape index (κ3) is 4.01. The molecular weight excluding hydrogens is 400 g/mol. The minimum absolute atomic E-state index is 0.219. The zero-order chi connectivity index (χ0) is 20.5. The van der Waals surface area contributed by atoms with Crippen LogP contribution in [0.1, 0.15) is 21.5 Å². The molecule has 0 aliphatic carbocycles. The van der Waals surface area contributed by atoms with Gasteiger partial charge in [-0.15, -0.1) is 0 Å². The van der Waals surface area contributed by atoms with Crippen molar-refractivity contribution in [1.29, 1.82) is 0 Å². The van der Waals surface area contributed by atoms with Crippen molar-refractivity contribution >= 4 is 27.5 Å². The van der Waals surface area contributed by atoms with Gasteiger partial charge in [0.1, 0.15) is 5.75 Å². The van der Waals surface area contributed by atoms with E-state index < -0.39 is 10.0 Å². The fourth-order valence-corrected chi connectivity index (χ4v) is 5.18. The normalized spacial score (nSPS) is 15.5. The van der Waals surface area contributed by atoms with Crippen molar-refractivity contribution in [3.05, 3.63) is 58.1 Å². The van der Waals surface area contributed by atoms with E-state index in [1.165, 1.54) is 11.4 Å². The van der Waals surface area contributed by atoms with Crippen LogP contribution in [0.25, 0.3) is 0 Å². The molecule has 1 aliphatic rings. The smallest absolute Gasteiger partial charge is 0.257 e. The minimum Gasteiger partial charge on any atom is -0.496 e. The van der Waals surface area contributed by atoms with Gasteiger partial charge in [0.05, 0.1) is 17.6 Å². The van der Waals surface area contributed by atoms with Crippen LogP contribution < -0.4 is 4.74 Å². The van der Waals surface area contributed by atoms with E-state index >= 15 is 0 Å². The highest BCUT2D eigenvalue weighted by Gasteiger charge is 2.32. The number of nitrogens with zero attached hydrogens (tertiary/aromatic N) is 2. The molecule has 28 heavy (non-hydrogen) atoms. The third-order valence-electron chi connectivity index (χ3n) is 4.88. The molecule has 8 heteroatoms. The molecule has 1 aliphatic heterocycles. The van der Waals surface area contributed by atoms with Gasteiger partial charge in [-0.3, -0.25) is 4.79 Å². The predicted octanol–water partition coefficient (Wildman–Crippen LogP) is 3.11. The Balaban J connectivity index is 1.77. The Morgan fingerprint density at radius 1 is 1.04 bits per heavy atom. The van der Waals surface area contributed by atoms with Gasteiger partial charge in [0.25, 0.3) is 5.91 Å². The summed E-state index contributed by atoms with van der Waals surface area (Å²) in [6, 6.07) is 10.3. The van der Waals surface area contributed by atoms with E-state index in [0.29, 0.717) is 39.9 Å².